The highest BCUT2D eigenvalue weighted by Gasteiger charge is 2.09. The van der Waals surface area contributed by atoms with Crippen LogP contribution in [0.5, 0.6) is 5.75 Å². The highest BCUT2D eigenvalue weighted by Crippen LogP contribution is 2.15. The van der Waals surface area contributed by atoms with Gasteiger partial charge in [0.15, 0.2) is 0 Å². The summed E-state index contributed by atoms with van der Waals surface area (Å²) in [7, 11) is 0. The van der Waals surface area contributed by atoms with E-state index in [4.69, 9.17) is 4.74 Å². The van der Waals surface area contributed by atoms with Crippen molar-refractivity contribution in [3.63, 3.8) is 0 Å². The van der Waals surface area contributed by atoms with Gasteiger partial charge in [0.25, 0.3) is 5.56 Å². The first kappa shape index (κ1) is 17.9. The van der Waals surface area contributed by atoms with Crippen molar-refractivity contribution in [2.45, 2.75) is 33.1 Å². The van der Waals surface area contributed by atoms with Gasteiger partial charge in [-0.25, -0.2) is 0 Å². The molecule has 0 fully saturated rings. The van der Waals surface area contributed by atoms with E-state index in [0.717, 1.165) is 47.7 Å². The molecule has 0 saturated carbocycles. The molecule has 0 atom stereocenters. The molecule has 3 rings (SSSR count). The van der Waals surface area contributed by atoms with Gasteiger partial charge in [-0.05, 0) is 49.2 Å². The molecule has 0 saturated heterocycles. The van der Waals surface area contributed by atoms with Crippen molar-refractivity contribution in [2.24, 2.45) is 0 Å². The summed E-state index contributed by atoms with van der Waals surface area (Å²) in [4.78, 5) is 12.8. The van der Waals surface area contributed by atoms with Crippen molar-refractivity contribution in [1.82, 2.24) is 9.78 Å². The van der Waals surface area contributed by atoms with E-state index in [9.17, 15) is 4.79 Å². The van der Waals surface area contributed by atoms with Gasteiger partial charge >= 0.3 is 0 Å². The van der Waals surface area contributed by atoms with Gasteiger partial charge < -0.3 is 4.74 Å². The van der Waals surface area contributed by atoms with Crippen LogP contribution in [0.1, 0.15) is 36.6 Å². The normalized spacial score (nSPS) is 10.7. The van der Waals surface area contributed by atoms with Gasteiger partial charge in [0.2, 0.25) is 0 Å². The zero-order chi connectivity index (χ0) is 18.4. The Morgan fingerprint density at radius 2 is 1.77 bits per heavy atom. The van der Waals surface area contributed by atoms with Crippen molar-refractivity contribution >= 4 is 0 Å². The molecule has 4 nitrogen and oxygen atoms in total. The zero-order valence-electron chi connectivity index (χ0n) is 15.3. The number of benzene rings is 2. The van der Waals surface area contributed by atoms with Gasteiger partial charge in [-0.3, -0.25) is 4.79 Å². The number of hydrogen-bond donors (Lipinski definition) is 0. The Morgan fingerprint density at radius 1 is 1.04 bits per heavy atom. The molecule has 0 aliphatic heterocycles. The number of aromatic nitrogens is 2. The third-order valence-corrected chi connectivity index (χ3v) is 4.19. The number of unbranched alkanes of at least 4 members (excludes halogenated alkanes) is 1. The van der Waals surface area contributed by atoms with E-state index in [1.165, 1.54) is 4.68 Å². The molecule has 1 heterocycles. The first-order valence-corrected chi connectivity index (χ1v) is 9.04. The minimum Gasteiger partial charge on any atom is -0.494 e. The van der Waals surface area contributed by atoms with E-state index in [2.05, 4.69) is 12.0 Å². The number of rotatable bonds is 7. The molecule has 0 radical (unpaired) electrons. The standard InChI is InChI=1S/C22H24N2O2/c1-3-4-14-26-21-12-10-18(11-13-21)16-19-15-17(2)23-24(22(19)25)20-8-6-5-7-9-20/h5-13,15H,3-4,14,16H2,1-2H3. The van der Waals surface area contributed by atoms with Crippen LogP contribution in [0.3, 0.4) is 0 Å². The molecule has 0 N–H and O–H groups in total. The van der Waals surface area contributed by atoms with Gasteiger partial charge in [-0.1, -0.05) is 43.7 Å². The van der Waals surface area contributed by atoms with Crippen molar-refractivity contribution in [1.29, 1.82) is 0 Å². The Kier molecular flexibility index (Phi) is 5.84. The molecule has 26 heavy (non-hydrogen) atoms. The van der Waals surface area contributed by atoms with Crippen LogP contribution >= 0.6 is 0 Å². The Labute approximate surface area is 154 Å². The Hall–Kier alpha value is -2.88. The molecule has 0 amide bonds. The average Bonchev–Trinajstić information content (AvgIpc) is 2.67. The molecule has 2 aromatic carbocycles. The van der Waals surface area contributed by atoms with Gasteiger partial charge in [0.1, 0.15) is 5.75 Å². The van der Waals surface area contributed by atoms with E-state index in [0.29, 0.717) is 6.42 Å². The van der Waals surface area contributed by atoms with Gasteiger partial charge in [0, 0.05) is 12.0 Å². The lowest BCUT2D eigenvalue weighted by Gasteiger charge is -2.10. The fourth-order valence-corrected chi connectivity index (χ4v) is 2.81. The van der Waals surface area contributed by atoms with Crippen molar-refractivity contribution in [3.05, 3.63) is 87.8 Å². The third kappa shape index (κ3) is 4.39. The molecule has 0 bridgehead atoms. The highest BCUT2D eigenvalue weighted by molar-refractivity contribution is 5.34. The van der Waals surface area contributed by atoms with E-state index in [-0.39, 0.29) is 5.56 Å². The lowest BCUT2D eigenvalue weighted by Crippen LogP contribution is -2.25. The minimum atomic E-state index is -0.0786. The molecular formula is C22H24N2O2. The van der Waals surface area contributed by atoms with Crippen LogP contribution in [-0.2, 0) is 6.42 Å². The zero-order valence-corrected chi connectivity index (χ0v) is 15.3. The molecular weight excluding hydrogens is 324 g/mol. The number of hydrogen-bond acceptors (Lipinski definition) is 3. The predicted octanol–water partition coefficient (Wildman–Crippen LogP) is 4.31. The van der Waals surface area contributed by atoms with Crippen LogP contribution in [0.25, 0.3) is 5.69 Å². The summed E-state index contributed by atoms with van der Waals surface area (Å²) in [6.45, 7) is 4.79. The Morgan fingerprint density at radius 3 is 2.46 bits per heavy atom. The first-order chi connectivity index (χ1) is 12.7. The second-order valence-corrected chi connectivity index (χ2v) is 6.39. The maximum atomic E-state index is 12.8. The van der Waals surface area contributed by atoms with Crippen LogP contribution in [0.2, 0.25) is 0 Å². The van der Waals surface area contributed by atoms with Crippen LogP contribution in [0.15, 0.2) is 65.5 Å². The summed E-state index contributed by atoms with van der Waals surface area (Å²) in [5.41, 5.74) is 3.34. The van der Waals surface area contributed by atoms with Crippen LogP contribution in [0.4, 0.5) is 0 Å². The SMILES string of the molecule is CCCCOc1ccc(Cc2cc(C)nn(-c3ccccc3)c2=O)cc1. The second kappa shape index (κ2) is 8.48. The van der Waals surface area contributed by atoms with Crippen molar-refractivity contribution in [3.8, 4) is 11.4 Å². The number of aryl methyl sites for hydroxylation is 1. The monoisotopic (exact) mass is 348 g/mol. The predicted molar refractivity (Wildman–Crippen MR) is 104 cm³/mol. The third-order valence-electron chi connectivity index (χ3n) is 4.19. The summed E-state index contributed by atoms with van der Waals surface area (Å²) in [6.07, 6.45) is 2.74. The van der Waals surface area contributed by atoms with Crippen LogP contribution < -0.4 is 10.3 Å². The molecule has 4 heteroatoms. The van der Waals surface area contributed by atoms with E-state index in [1.807, 2.05) is 67.6 Å². The molecule has 0 spiro atoms. The fourth-order valence-electron chi connectivity index (χ4n) is 2.81. The summed E-state index contributed by atoms with van der Waals surface area (Å²) in [5, 5.41) is 4.39. The second-order valence-electron chi connectivity index (χ2n) is 6.39. The van der Waals surface area contributed by atoms with Gasteiger partial charge in [-0.15, -0.1) is 0 Å². The quantitative estimate of drug-likeness (QED) is 0.598. The largest absolute Gasteiger partial charge is 0.494 e. The molecule has 1 aromatic heterocycles. The maximum absolute atomic E-state index is 12.8. The maximum Gasteiger partial charge on any atom is 0.275 e. The minimum absolute atomic E-state index is 0.0786. The lowest BCUT2D eigenvalue weighted by atomic mass is 10.1. The van der Waals surface area contributed by atoms with Crippen LogP contribution in [0, 0.1) is 6.92 Å². The molecule has 0 aliphatic rings. The summed E-state index contributed by atoms with van der Waals surface area (Å²) < 4.78 is 7.17. The summed E-state index contributed by atoms with van der Waals surface area (Å²) >= 11 is 0. The number of ether oxygens (including phenoxy) is 1. The fraction of sp³-hybridized carbons (Fsp3) is 0.273. The summed E-state index contributed by atoms with van der Waals surface area (Å²) in [5.74, 6) is 0.870. The smallest absolute Gasteiger partial charge is 0.275 e. The molecule has 0 unspecified atom stereocenters. The van der Waals surface area contributed by atoms with E-state index >= 15 is 0 Å². The van der Waals surface area contributed by atoms with E-state index < -0.39 is 0 Å². The van der Waals surface area contributed by atoms with Gasteiger partial charge in [0.05, 0.1) is 18.0 Å². The number of nitrogens with zero attached hydrogens (tertiary/aromatic N) is 2. The molecule has 0 aliphatic carbocycles. The Bertz CT molecular complexity index is 900. The van der Waals surface area contributed by atoms with E-state index in [1.54, 1.807) is 0 Å². The molecule has 3 aromatic rings. The topological polar surface area (TPSA) is 44.1 Å². The highest BCUT2D eigenvalue weighted by atomic mass is 16.5. The first-order valence-electron chi connectivity index (χ1n) is 9.04. The molecule has 134 valence electrons. The Balaban J connectivity index is 1.82. The lowest BCUT2D eigenvalue weighted by molar-refractivity contribution is 0.309. The van der Waals surface area contributed by atoms with Crippen molar-refractivity contribution < 1.29 is 4.74 Å². The number of para-hydroxylation sites is 1. The van der Waals surface area contributed by atoms with Crippen LogP contribution in [-0.4, -0.2) is 16.4 Å². The van der Waals surface area contributed by atoms with Crippen molar-refractivity contribution in [2.75, 3.05) is 6.61 Å². The average molecular weight is 348 g/mol. The van der Waals surface area contributed by atoms with Gasteiger partial charge in [-0.2, -0.15) is 9.78 Å². The summed E-state index contributed by atoms with van der Waals surface area (Å²) in [6, 6.07) is 19.4.